The minimum atomic E-state index is 0.0241. The van der Waals surface area contributed by atoms with Gasteiger partial charge < -0.3 is 9.47 Å². The Morgan fingerprint density at radius 1 is 1.28 bits per heavy atom. The highest BCUT2D eigenvalue weighted by Crippen LogP contribution is 2.32. The number of allylic oxidation sites excluding steroid dienone is 1. The third-order valence-corrected chi connectivity index (χ3v) is 2.56. The molecule has 1 aliphatic rings. The van der Waals surface area contributed by atoms with Gasteiger partial charge in [0, 0.05) is 6.42 Å². The fraction of sp³-hybridized carbons (Fsp3) is 0.400. The molecule has 0 bridgehead atoms. The Hall–Kier alpha value is -1.77. The van der Waals surface area contributed by atoms with Gasteiger partial charge in [0.05, 0.1) is 0 Å². The molecule has 18 heavy (non-hydrogen) atoms. The highest BCUT2D eigenvalue weighted by atomic mass is 16.7. The standard InChI is InChI=1S/C15H18O3/c1-15(2,3)9-12(16)6-4-11-5-7-13-14(8-11)18-10-17-13/h4-8H,9-10H2,1-3H3/b6-4+. The van der Waals surface area contributed by atoms with Gasteiger partial charge in [0.1, 0.15) is 0 Å². The molecule has 2 rings (SSSR count). The first-order valence-electron chi connectivity index (χ1n) is 6.05. The first-order chi connectivity index (χ1) is 8.44. The third-order valence-electron chi connectivity index (χ3n) is 2.56. The molecule has 0 aromatic heterocycles. The molecule has 3 heteroatoms. The van der Waals surface area contributed by atoms with Crippen LogP contribution in [0.1, 0.15) is 32.8 Å². The zero-order valence-corrected chi connectivity index (χ0v) is 11.0. The molecule has 0 saturated heterocycles. The molecule has 0 unspecified atom stereocenters. The maximum Gasteiger partial charge on any atom is 0.231 e. The van der Waals surface area contributed by atoms with Crippen LogP contribution in [0.5, 0.6) is 11.5 Å². The summed E-state index contributed by atoms with van der Waals surface area (Å²) < 4.78 is 10.5. The molecule has 0 radical (unpaired) electrons. The lowest BCUT2D eigenvalue weighted by Gasteiger charge is -2.14. The molecular weight excluding hydrogens is 228 g/mol. The lowest BCUT2D eigenvalue weighted by Crippen LogP contribution is -2.10. The van der Waals surface area contributed by atoms with Crippen molar-refractivity contribution in [2.75, 3.05) is 6.79 Å². The molecule has 0 saturated carbocycles. The van der Waals surface area contributed by atoms with Crippen molar-refractivity contribution in [3.8, 4) is 11.5 Å². The lowest BCUT2D eigenvalue weighted by molar-refractivity contribution is -0.116. The molecule has 0 aliphatic carbocycles. The Labute approximate surface area is 107 Å². The van der Waals surface area contributed by atoms with Crippen LogP contribution >= 0.6 is 0 Å². The predicted octanol–water partition coefficient (Wildman–Crippen LogP) is 3.43. The van der Waals surface area contributed by atoms with Gasteiger partial charge in [-0.05, 0) is 29.2 Å². The first kappa shape index (κ1) is 12.7. The van der Waals surface area contributed by atoms with E-state index in [1.165, 1.54) is 0 Å². The van der Waals surface area contributed by atoms with E-state index in [-0.39, 0.29) is 18.0 Å². The van der Waals surface area contributed by atoms with Crippen LogP contribution in [0.2, 0.25) is 0 Å². The van der Waals surface area contributed by atoms with Gasteiger partial charge in [0.2, 0.25) is 6.79 Å². The average Bonchev–Trinajstić information content (AvgIpc) is 2.71. The Balaban J connectivity index is 2.03. The summed E-state index contributed by atoms with van der Waals surface area (Å²) in [5, 5.41) is 0. The maximum atomic E-state index is 11.7. The Bertz CT molecular complexity index is 481. The van der Waals surface area contributed by atoms with E-state index in [4.69, 9.17) is 9.47 Å². The second-order valence-corrected chi connectivity index (χ2v) is 5.65. The van der Waals surface area contributed by atoms with Crippen LogP contribution in [0.4, 0.5) is 0 Å². The third kappa shape index (κ3) is 3.36. The van der Waals surface area contributed by atoms with Crippen molar-refractivity contribution in [2.24, 2.45) is 5.41 Å². The van der Waals surface area contributed by atoms with E-state index in [1.54, 1.807) is 6.08 Å². The molecule has 0 amide bonds. The average molecular weight is 246 g/mol. The summed E-state index contributed by atoms with van der Waals surface area (Å²) in [5.74, 6) is 1.63. The van der Waals surface area contributed by atoms with Crippen LogP contribution in [-0.2, 0) is 4.79 Å². The molecule has 0 spiro atoms. The highest BCUT2D eigenvalue weighted by Gasteiger charge is 2.14. The number of ether oxygens (including phenoxy) is 2. The second-order valence-electron chi connectivity index (χ2n) is 5.65. The van der Waals surface area contributed by atoms with E-state index >= 15 is 0 Å². The van der Waals surface area contributed by atoms with E-state index in [1.807, 2.05) is 24.3 Å². The minimum absolute atomic E-state index is 0.0241. The summed E-state index contributed by atoms with van der Waals surface area (Å²) >= 11 is 0. The molecular formula is C15H18O3. The van der Waals surface area contributed by atoms with Crippen LogP contribution in [0.15, 0.2) is 24.3 Å². The zero-order valence-electron chi connectivity index (χ0n) is 11.0. The number of carbonyl (C=O) groups excluding carboxylic acids is 1. The summed E-state index contributed by atoms with van der Waals surface area (Å²) in [5.41, 5.74) is 0.970. The Morgan fingerprint density at radius 2 is 2.00 bits per heavy atom. The zero-order chi connectivity index (χ0) is 13.2. The first-order valence-corrected chi connectivity index (χ1v) is 6.05. The van der Waals surface area contributed by atoms with Crippen molar-refractivity contribution in [1.82, 2.24) is 0 Å². The van der Waals surface area contributed by atoms with Gasteiger partial charge in [-0.2, -0.15) is 0 Å². The van der Waals surface area contributed by atoms with Gasteiger partial charge in [-0.25, -0.2) is 0 Å². The highest BCUT2D eigenvalue weighted by molar-refractivity contribution is 5.94. The second kappa shape index (κ2) is 4.84. The fourth-order valence-electron chi connectivity index (χ4n) is 1.79. The fourth-order valence-corrected chi connectivity index (χ4v) is 1.79. The van der Waals surface area contributed by atoms with Crippen molar-refractivity contribution in [3.05, 3.63) is 29.8 Å². The molecule has 1 aromatic rings. The molecule has 0 fully saturated rings. The lowest BCUT2D eigenvalue weighted by atomic mass is 9.90. The van der Waals surface area contributed by atoms with E-state index in [2.05, 4.69) is 20.8 Å². The van der Waals surface area contributed by atoms with Crippen LogP contribution in [0, 0.1) is 5.41 Å². The molecule has 0 atom stereocenters. The van der Waals surface area contributed by atoms with Gasteiger partial charge in [-0.15, -0.1) is 0 Å². The monoisotopic (exact) mass is 246 g/mol. The number of hydrogen-bond donors (Lipinski definition) is 0. The molecule has 1 heterocycles. The van der Waals surface area contributed by atoms with E-state index in [0.717, 1.165) is 17.1 Å². The predicted molar refractivity (Wildman–Crippen MR) is 70.7 cm³/mol. The smallest absolute Gasteiger partial charge is 0.231 e. The molecule has 96 valence electrons. The number of rotatable bonds is 3. The summed E-state index contributed by atoms with van der Waals surface area (Å²) in [4.78, 5) is 11.7. The van der Waals surface area contributed by atoms with Gasteiger partial charge in [-0.3, -0.25) is 4.79 Å². The molecule has 3 nitrogen and oxygen atoms in total. The summed E-state index contributed by atoms with van der Waals surface area (Å²) in [7, 11) is 0. The van der Waals surface area contributed by atoms with Crippen LogP contribution in [-0.4, -0.2) is 12.6 Å². The van der Waals surface area contributed by atoms with Crippen molar-refractivity contribution in [1.29, 1.82) is 0 Å². The van der Waals surface area contributed by atoms with Gasteiger partial charge in [0.25, 0.3) is 0 Å². The van der Waals surface area contributed by atoms with Crippen molar-refractivity contribution in [2.45, 2.75) is 27.2 Å². The van der Waals surface area contributed by atoms with Gasteiger partial charge in [0.15, 0.2) is 17.3 Å². The van der Waals surface area contributed by atoms with Gasteiger partial charge >= 0.3 is 0 Å². The molecule has 1 aliphatic heterocycles. The van der Waals surface area contributed by atoms with Crippen molar-refractivity contribution >= 4 is 11.9 Å². The number of benzene rings is 1. The maximum absolute atomic E-state index is 11.7. The number of hydrogen-bond acceptors (Lipinski definition) is 3. The van der Waals surface area contributed by atoms with Crippen LogP contribution in [0.3, 0.4) is 0 Å². The number of carbonyl (C=O) groups is 1. The number of fused-ring (bicyclic) bond motifs is 1. The summed E-state index contributed by atoms with van der Waals surface area (Å²) in [6.45, 7) is 6.43. The van der Waals surface area contributed by atoms with E-state index in [9.17, 15) is 4.79 Å². The van der Waals surface area contributed by atoms with Gasteiger partial charge in [-0.1, -0.05) is 32.9 Å². The molecule has 0 N–H and O–H groups in total. The summed E-state index contributed by atoms with van der Waals surface area (Å²) in [6, 6.07) is 5.65. The van der Waals surface area contributed by atoms with Crippen LogP contribution < -0.4 is 9.47 Å². The van der Waals surface area contributed by atoms with Crippen LogP contribution in [0.25, 0.3) is 6.08 Å². The van der Waals surface area contributed by atoms with E-state index in [0.29, 0.717) is 6.42 Å². The normalized spacial score (nSPS) is 14.2. The Morgan fingerprint density at radius 3 is 2.72 bits per heavy atom. The SMILES string of the molecule is CC(C)(C)CC(=O)/C=C/c1ccc2c(c1)OCO2. The minimum Gasteiger partial charge on any atom is -0.454 e. The molecule has 1 aromatic carbocycles. The topological polar surface area (TPSA) is 35.5 Å². The Kier molecular flexibility index (Phi) is 3.41. The number of ketones is 1. The summed E-state index contributed by atoms with van der Waals surface area (Å²) in [6.07, 6.45) is 3.99. The quantitative estimate of drug-likeness (QED) is 0.766. The largest absolute Gasteiger partial charge is 0.454 e. The van der Waals surface area contributed by atoms with Crippen molar-refractivity contribution < 1.29 is 14.3 Å². The van der Waals surface area contributed by atoms with Crippen molar-refractivity contribution in [3.63, 3.8) is 0 Å². The van der Waals surface area contributed by atoms with E-state index < -0.39 is 0 Å².